The number of nitrogens with one attached hydrogen (secondary N) is 3. The lowest BCUT2D eigenvalue weighted by Gasteiger charge is -2.27. The normalized spacial score (nSPS) is 24.6. The molecule has 0 aliphatic carbocycles. The van der Waals surface area contributed by atoms with Gasteiger partial charge in [0.05, 0.1) is 13.2 Å². The number of likely N-dealkylation sites (N-methyl/N-ethyl adjacent to an activating group) is 1. The summed E-state index contributed by atoms with van der Waals surface area (Å²) in [4.78, 5) is 14.1. The molecular formula is C20H32ClFN4O2. The molecule has 6 nitrogen and oxygen atoms in total. The number of hydrogen-bond donors (Lipinski definition) is 3. The molecule has 0 saturated carbocycles. The first-order chi connectivity index (χ1) is 13.1. The van der Waals surface area contributed by atoms with Gasteiger partial charge in [0, 0.05) is 32.2 Å². The fourth-order valence-electron chi connectivity index (χ4n) is 3.77. The number of halogens is 2. The molecule has 2 aliphatic heterocycles. The molecule has 0 bridgehead atoms. The van der Waals surface area contributed by atoms with Crippen molar-refractivity contribution in [1.29, 1.82) is 0 Å². The largest absolute Gasteiger partial charge is 0.378 e. The molecule has 158 valence electrons. The van der Waals surface area contributed by atoms with Gasteiger partial charge in [0.25, 0.3) is 0 Å². The predicted octanol–water partition coefficient (Wildman–Crippen LogP) is 2.16. The van der Waals surface area contributed by atoms with Crippen LogP contribution < -0.4 is 16.2 Å². The summed E-state index contributed by atoms with van der Waals surface area (Å²) < 4.78 is 18.7. The van der Waals surface area contributed by atoms with E-state index in [0.717, 1.165) is 50.8 Å². The molecule has 0 radical (unpaired) electrons. The first-order valence-electron chi connectivity index (χ1n) is 9.96. The highest BCUT2D eigenvalue weighted by atomic mass is 35.5. The van der Waals surface area contributed by atoms with E-state index >= 15 is 0 Å². The van der Waals surface area contributed by atoms with E-state index in [1.165, 1.54) is 6.07 Å². The van der Waals surface area contributed by atoms with Gasteiger partial charge in [-0.05, 0) is 37.0 Å². The molecule has 2 fully saturated rings. The Morgan fingerprint density at radius 1 is 1.29 bits per heavy atom. The summed E-state index contributed by atoms with van der Waals surface area (Å²) >= 11 is 0. The first kappa shape index (κ1) is 23.0. The Bertz CT molecular complexity index is 616. The van der Waals surface area contributed by atoms with Crippen molar-refractivity contribution in [3.8, 4) is 0 Å². The quantitative estimate of drug-likeness (QED) is 0.569. The summed E-state index contributed by atoms with van der Waals surface area (Å²) in [5.41, 5.74) is 7.59. The third-order valence-corrected chi connectivity index (χ3v) is 5.38. The average Bonchev–Trinajstić information content (AvgIpc) is 3.16. The molecule has 0 aromatic heterocycles. The maximum absolute atomic E-state index is 13.4. The molecule has 0 spiro atoms. The molecule has 3 atom stereocenters. The lowest BCUT2D eigenvalue weighted by atomic mass is 9.99. The molecule has 2 heterocycles. The summed E-state index contributed by atoms with van der Waals surface area (Å²) in [6.07, 6.45) is 5.25. The summed E-state index contributed by atoms with van der Waals surface area (Å²) in [6.45, 7) is 2.66. The van der Waals surface area contributed by atoms with Crippen molar-refractivity contribution in [2.24, 2.45) is 0 Å². The zero-order valence-electron chi connectivity index (χ0n) is 16.5. The minimum absolute atomic E-state index is 0. The second kappa shape index (κ2) is 11.7. The lowest BCUT2D eigenvalue weighted by Crippen LogP contribution is -2.51. The molecule has 3 rings (SSSR count). The maximum Gasteiger partial charge on any atom is 0.241 e. The number of rotatable bonds is 8. The van der Waals surface area contributed by atoms with Crippen LogP contribution in [0, 0.1) is 5.82 Å². The van der Waals surface area contributed by atoms with E-state index in [4.69, 9.17) is 4.74 Å². The van der Waals surface area contributed by atoms with Gasteiger partial charge in [-0.3, -0.25) is 15.6 Å². The van der Waals surface area contributed by atoms with Gasteiger partial charge >= 0.3 is 0 Å². The number of unbranched alkanes of at least 4 members (excludes halogenated alkanes) is 2. The van der Waals surface area contributed by atoms with Crippen LogP contribution in [0.4, 0.5) is 4.39 Å². The van der Waals surface area contributed by atoms with Crippen molar-refractivity contribution in [3.05, 3.63) is 35.6 Å². The highest BCUT2D eigenvalue weighted by molar-refractivity contribution is 5.85. The Kier molecular flexibility index (Phi) is 9.61. The van der Waals surface area contributed by atoms with Crippen LogP contribution in [0.1, 0.15) is 43.7 Å². The van der Waals surface area contributed by atoms with Crippen molar-refractivity contribution < 1.29 is 13.9 Å². The van der Waals surface area contributed by atoms with Crippen LogP contribution in [0.2, 0.25) is 0 Å². The van der Waals surface area contributed by atoms with Crippen molar-refractivity contribution in [1.82, 2.24) is 21.1 Å². The van der Waals surface area contributed by atoms with Crippen LogP contribution in [-0.4, -0.2) is 56.2 Å². The third-order valence-electron chi connectivity index (χ3n) is 5.38. The minimum Gasteiger partial charge on any atom is -0.378 e. The Hall–Kier alpha value is -1.25. The predicted molar refractivity (Wildman–Crippen MR) is 110 cm³/mol. The van der Waals surface area contributed by atoms with Crippen molar-refractivity contribution >= 4 is 18.3 Å². The van der Waals surface area contributed by atoms with Gasteiger partial charge in [-0.2, -0.15) is 0 Å². The average molecular weight is 415 g/mol. The van der Waals surface area contributed by atoms with Gasteiger partial charge < -0.3 is 15.0 Å². The van der Waals surface area contributed by atoms with E-state index in [9.17, 15) is 9.18 Å². The van der Waals surface area contributed by atoms with Gasteiger partial charge in [-0.1, -0.05) is 25.0 Å². The molecule has 1 aromatic carbocycles. The molecule has 2 aliphatic rings. The van der Waals surface area contributed by atoms with E-state index in [2.05, 4.69) is 16.2 Å². The molecular weight excluding hydrogens is 383 g/mol. The fourth-order valence-corrected chi connectivity index (χ4v) is 3.77. The van der Waals surface area contributed by atoms with Gasteiger partial charge in [-0.25, -0.2) is 4.39 Å². The number of ether oxygens (including phenoxy) is 1. The summed E-state index contributed by atoms with van der Waals surface area (Å²) in [6, 6.07) is 7.16. The van der Waals surface area contributed by atoms with Crippen LogP contribution >= 0.6 is 12.4 Å². The van der Waals surface area contributed by atoms with Crippen LogP contribution in [-0.2, 0) is 9.53 Å². The monoisotopic (exact) mass is 414 g/mol. The Balaban J connectivity index is 0.00000280. The minimum atomic E-state index is -0.197. The van der Waals surface area contributed by atoms with Gasteiger partial charge in [0.1, 0.15) is 11.9 Å². The molecule has 3 unspecified atom stereocenters. The second-order valence-electron chi connectivity index (χ2n) is 7.52. The first-order valence-corrected chi connectivity index (χ1v) is 9.96. The van der Waals surface area contributed by atoms with E-state index in [1.54, 1.807) is 12.1 Å². The number of hydrogen-bond acceptors (Lipinski definition) is 5. The number of nitrogens with zero attached hydrogens (tertiary/aromatic N) is 1. The highest BCUT2D eigenvalue weighted by Crippen LogP contribution is 2.25. The Morgan fingerprint density at radius 3 is 2.89 bits per heavy atom. The standard InChI is InChI=1S/C20H31FN4O2.ClH/c1-25(20(26)19-14-27-11-9-22-19)10-4-2-3-8-17-13-18(24-23-17)15-6-5-7-16(21)12-15;/h5-7,12,17-19,22-24H,2-4,8-11,13-14H2,1H3;1H. The van der Waals surface area contributed by atoms with E-state index < -0.39 is 0 Å². The molecule has 8 heteroatoms. The maximum atomic E-state index is 13.4. The van der Waals surface area contributed by atoms with Gasteiger partial charge in [0.2, 0.25) is 5.91 Å². The third kappa shape index (κ3) is 6.67. The molecule has 1 amide bonds. The van der Waals surface area contributed by atoms with Gasteiger partial charge in [0.15, 0.2) is 0 Å². The summed E-state index contributed by atoms with van der Waals surface area (Å²) in [5.74, 6) is -0.0688. The summed E-state index contributed by atoms with van der Waals surface area (Å²) in [7, 11) is 1.87. The molecule has 1 aromatic rings. The number of benzene rings is 1. The highest BCUT2D eigenvalue weighted by Gasteiger charge is 2.25. The molecule has 3 N–H and O–H groups in total. The lowest BCUT2D eigenvalue weighted by molar-refractivity contribution is -0.135. The van der Waals surface area contributed by atoms with Crippen LogP contribution in [0.3, 0.4) is 0 Å². The topological polar surface area (TPSA) is 65.6 Å². The van der Waals surface area contributed by atoms with Gasteiger partial charge in [-0.15, -0.1) is 12.4 Å². The van der Waals surface area contributed by atoms with Crippen molar-refractivity contribution in [2.75, 3.05) is 33.4 Å². The van der Waals surface area contributed by atoms with Crippen LogP contribution in [0.25, 0.3) is 0 Å². The van der Waals surface area contributed by atoms with Crippen LogP contribution in [0.15, 0.2) is 24.3 Å². The summed E-state index contributed by atoms with van der Waals surface area (Å²) in [5, 5.41) is 3.20. The number of morpholine rings is 1. The Labute approximate surface area is 173 Å². The number of carbonyl (C=O) groups excluding carboxylic acids is 1. The zero-order chi connectivity index (χ0) is 19.1. The van der Waals surface area contributed by atoms with Crippen LogP contribution in [0.5, 0.6) is 0 Å². The van der Waals surface area contributed by atoms with Crippen molar-refractivity contribution in [2.45, 2.75) is 50.2 Å². The molecule has 2 saturated heterocycles. The molecule has 28 heavy (non-hydrogen) atoms. The number of hydrazine groups is 1. The fraction of sp³-hybridized carbons (Fsp3) is 0.650. The van der Waals surface area contributed by atoms with E-state index in [-0.39, 0.29) is 36.2 Å². The SMILES string of the molecule is CN(CCCCCC1CC(c2cccc(F)c2)NN1)C(=O)C1COCCN1.Cl. The smallest absolute Gasteiger partial charge is 0.241 e. The Morgan fingerprint density at radius 2 is 2.14 bits per heavy atom. The van der Waals surface area contributed by atoms with E-state index in [1.807, 2.05) is 18.0 Å². The van der Waals surface area contributed by atoms with E-state index in [0.29, 0.717) is 19.3 Å². The number of carbonyl (C=O) groups is 1. The zero-order valence-corrected chi connectivity index (χ0v) is 17.3. The second-order valence-corrected chi connectivity index (χ2v) is 7.52. The van der Waals surface area contributed by atoms with Crippen molar-refractivity contribution in [3.63, 3.8) is 0 Å². The number of amides is 1.